The molecule has 1 amide bonds. The maximum absolute atomic E-state index is 13.5. The molecule has 1 aromatic heterocycles. The summed E-state index contributed by atoms with van der Waals surface area (Å²) in [5, 5.41) is 2.62. The number of hydrogen-bond acceptors (Lipinski definition) is 5. The van der Waals surface area contributed by atoms with Gasteiger partial charge in [-0.2, -0.15) is 13.2 Å². The fourth-order valence-corrected chi connectivity index (χ4v) is 3.23. The van der Waals surface area contributed by atoms with Crippen LogP contribution in [0.25, 0.3) is 0 Å². The molecule has 176 valence electrons. The van der Waals surface area contributed by atoms with Crippen molar-refractivity contribution in [2.24, 2.45) is 0 Å². The predicted molar refractivity (Wildman–Crippen MR) is 112 cm³/mol. The Balaban J connectivity index is 1.80. The molecule has 0 bridgehead atoms. The minimum atomic E-state index is -4.51. The number of aromatic nitrogens is 1. The molecule has 3 aromatic rings. The van der Waals surface area contributed by atoms with E-state index in [1.807, 2.05) is 0 Å². The van der Waals surface area contributed by atoms with Gasteiger partial charge in [0.25, 0.3) is 5.91 Å². The van der Waals surface area contributed by atoms with E-state index < -0.39 is 23.5 Å². The minimum Gasteiger partial charge on any atom is -0.447 e. The third kappa shape index (κ3) is 7.13. The van der Waals surface area contributed by atoms with Gasteiger partial charge >= 0.3 is 6.18 Å². The Morgan fingerprint density at radius 2 is 1.82 bits per heavy atom. The molecule has 0 atom stereocenters. The first-order valence-corrected chi connectivity index (χ1v) is 10.1. The SMILES string of the molecule is COCCNC(=O)c1coc(CN(Cc2ccc(F)cc2)Cc2ccccc2C(F)(F)F)n1. The third-order valence-corrected chi connectivity index (χ3v) is 4.77. The zero-order chi connectivity index (χ0) is 23.8. The van der Waals surface area contributed by atoms with Gasteiger partial charge in [-0.3, -0.25) is 9.69 Å². The van der Waals surface area contributed by atoms with Gasteiger partial charge in [0, 0.05) is 26.7 Å². The smallest absolute Gasteiger partial charge is 0.416 e. The highest BCUT2D eigenvalue weighted by Crippen LogP contribution is 2.32. The van der Waals surface area contributed by atoms with Crippen LogP contribution in [0.3, 0.4) is 0 Å². The minimum absolute atomic E-state index is 0.0366. The first-order valence-electron chi connectivity index (χ1n) is 10.1. The van der Waals surface area contributed by atoms with Gasteiger partial charge < -0.3 is 14.5 Å². The third-order valence-electron chi connectivity index (χ3n) is 4.77. The Hall–Kier alpha value is -3.24. The highest BCUT2D eigenvalue weighted by Gasteiger charge is 2.33. The normalized spacial score (nSPS) is 11.7. The average molecular weight is 465 g/mol. The standard InChI is InChI=1S/C23H23F4N3O3/c1-32-11-10-28-22(31)20-15-33-21(29-20)14-30(12-16-6-8-18(24)9-7-16)13-17-4-2-3-5-19(17)23(25,26)27/h2-9,15H,10-14H2,1H3,(H,28,31). The van der Waals surface area contributed by atoms with Crippen LogP contribution in [-0.2, 0) is 30.5 Å². The second-order valence-corrected chi connectivity index (χ2v) is 7.30. The van der Waals surface area contributed by atoms with Crippen LogP contribution < -0.4 is 5.32 Å². The first-order chi connectivity index (χ1) is 15.8. The number of amides is 1. The van der Waals surface area contributed by atoms with Crippen LogP contribution in [0.15, 0.2) is 59.2 Å². The Labute approximate surface area is 188 Å². The van der Waals surface area contributed by atoms with Crippen LogP contribution in [0.5, 0.6) is 0 Å². The molecule has 0 radical (unpaired) electrons. The summed E-state index contributed by atoms with van der Waals surface area (Å²) in [6.45, 7) is 0.812. The molecule has 1 N–H and O–H groups in total. The molecule has 0 unspecified atom stereocenters. The fraction of sp³-hybridized carbons (Fsp3) is 0.304. The molecule has 1 heterocycles. The number of hydrogen-bond donors (Lipinski definition) is 1. The largest absolute Gasteiger partial charge is 0.447 e. The van der Waals surface area contributed by atoms with Crippen molar-refractivity contribution < 1.29 is 31.5 Å². The van der Waals surface area contributed by atoms with Gasteiger partial charge in [-0.15, -0.1) is 0 Å². The van der Waals surface area contributed by atoms with E-state index in [9.17, 15) is 22.4 Å². The molecule has 0 aliphatic heterocycles. The average Bonchev–Trinajstić information content (AvgIpc) is 3.24. The van der Waals surface area contributed by atoms with Crippen LogP contribution in [0.4, 0.5) is 17.6 Å². The number of alkyl halides is 3. The number of ether oxygens (including phenoxy) is 1. The van der Waals surface area contributed by atoms with Crippen LogP contribution >= 0.6 is 0 Å². The molecule has 0 spiro atoms. The summed E-state index contributed by atoms with van der Waals surface area (Å²) in [7, 11) is 1.51. The van der Waals surface area contributed by atoms with Gasteiger partial charge in [0.1, 0.15) is 12.1 Å². The molecule has 2 aromatic carbocycles. The lowest BCUT2D eigenvalue weighted by atomic mass is 10.1. The molecule has 3 rings (SSSR count). The second-order valence-electron chi connectivity index (χ2n) is 7.30. The van der Waals surface area contributed by atoms with E-state index in [-0.39, 0.29) is 36.8 Å². The van der Waals surface area contributed by atoms with E-state index in [0.29, 0.717) is 18.7 Å². The van der Waals surface area contributed by atoms with Gasteiger partial charge in [0.2, 0.25) is 5.89 Å². The second kappa shape index (κ2) is 11.1. The predicted octanol–water partition coefficient (Wildman–Crippen LogP) is 4.41. The molecular formula is C23H23F4N3O3. The zero-order valence-electron chi connectivity index (χ0n) is 17.9. The molecular weight excluding hydrogens is 442 g/mol. The number of nitrogens with zero attached hydrogens (tertiary/aromatic N) is 2. The first kappa shape index (κ1) is 24.4. The summed E-state index contributed by atoms with van der Waals surface area (Å²) in [5.74, 6) is -0.697. The van der Waals surface area contributed by atoms with Crippen molar-refractivity contribution in [1.82, 2.24) is 15.2 Å². The van der Waals surface area contributed by atoms with Crippen LogP contribution in [0, 0.1) is 5.82 Å². The van der Waals surface area contributed by atoms with Crippen molar-refractivity contribution in [1.29, 1.82) is 0 Å². The fourth-order valence-electron chi connectivity index (χ4n) is 3.23. The quantitative estimate of drug-likeness (QED) is 0.355. The highest BCUT2D eigenvalue weighted by atomic mass is 19.4. The lowest BCUT2D eigenvalue weighted by Gasteiger charge is -2.23. The van der Waals surface area contributed by atoms with Gasteiger partial charge in [0.05, 0.1) is 18.7 Å². The van der Waals surface area contributed by atoms with E-state index in [4.69, 9.17) is 9.15 Å². The van der Waals surface area contributed by atoms with Crippen LogP contribution in [0.1, 0.15) is 33.1 Å². The molecule has 0 fully saturated rings. The summed E-state index contributed by atoms with van der Waals surface area (Å²) in [6, 6.07) is 11.0. The maximum atomic E-state index is 13.5. The zero-order valence-corrected chi connectivity index (χ0v) is 17.9. The van der Waals surface area contributed by atoms with E-state index in [1.165, 1.54) is 43.7 Å². The van der Waals surface area contributed by atoms with E-state index >= 15 is 0 Å². The van der Waals surface area contributed by atoms with Crippen molar-refractivity contribution in [3.05, 3.63) is 88.9 Å². The van der Waals surface area contributed by atoms with Gasteiger partial charge in [-0.05, 0) is 29.3 Å². The van der Waals surface area contributed by atoms with E-state index in [0.717, 1.165) is 6.07 Å². The summed E-state index contributed by atoms with van der Waals surface area (Å²) in [5.41, 5.74) is 0.0967. The molecule has 6 nitrogen and oxygen atoms in total. The molecule has 33 heavy (non-hydrogen) atoms. The monoisotopic (exact) mass is 465 g/mol. The lowest BCUT2D eigenvalue weighted by molar-refractivity contribution is -0.138. The van der Waals surface area contributed by atoms with Crippen molar-refractivity contribution in [3.63, 3.8) is 0 Å². The van der Waals surface area contributed by atoms with Crippen molar-refractivity contribution >= 4 is 5.91 Å². The lowest BCUT2D eigenvalue weighted by Crippen LogP contribution is -2.27. The van der Waals surface area contributed by atoms with Gasteiger partial charge in [0.15, 0.2) is 5.69 Å². The maximum Gasteiger partial charge on any atom is 0.416 e. The molecule has 10 heteroatoms. The van der Waals surface area contributed by atoms with Crippen molar-refractivity contribution in [2.45, 2.75) is 25.8 Å². The van der Waals surface area contributed by atoms with Gasteiger partial charge in [-0.25, -0.2) is 9.37 Å². The van der Waals surface area contributed by atoms with E-state index in [2.05, 4.69) is 10.3 Å². The topological polar surface area (TPSA) is 67.6 Å². The molecule has 0 saturated carbocycles. The number of carbonyl (C=O) groups is 1. The Morgan fingerprint density at radius 3 is 2.52 bits per heavy atom. The number of carbonyl (C=O) groups excluding carboxylic acids is 1. The Morgan fingerprint density at radius 1 is 1.09 bits per heavy atom. The summed E-state index contributed by atoms with van der Waals surface area (Å²) < 4.78 is 64.0. The summed E-state index contributed by atoms with van der Waals surface area (Å²) >= 11 is 0. The van der Waals surface area contributed by atoms with Crippen molar-refractivity contribution in [2.75, 3.05) is 20.3 Å². The summed E-state index contributed by atoms with van der Waals surface area (Å²) in [6.07, 6.45) is -3.31. The van der Waals surface area contributed by atoms with Crippen LogP contribution in [-0.4, -0.2) is 36.1 Å². The molecule has 0 saturated heterocycles. The van der Waals surface area contributed by atoms with E-state index in [1.54, 1.807) is 17.0 Å². The molecule has 0 aliphatic carbocycles. The number of benzene rings is 2. The number of methoxy groups -OCH3 is 1. The number of halogens is 4. The summed E-state index contributed by atoms with van der Waals surface area (Å²) in [4.78, 5) is 18.0. The number of oxazole rings is 1. The Bertz CT molecular complexity index is 1050. The van der Waals surface area contributed by atoms with Crippen LogP contribution in [0.2, 0.25) is 0 Å². The Kier molecular flexibility index (Phi) is 8.18. The highest BCUT2D eigenvalue weighted by molar-refractivity contribution is 5.91. The van der Waals surface area contributed by atoms with Gasteiger partial charge in [-0.1, -0.05) is 30.3 Å². The number of rotatable bonds is 10. The molecule has 0 aliphatic rings. The number of nitrogens with one attached hydrogen (secondary N) is 1. The van der Waals surface area contributed by atoms with Crippen molar-refractivity contribution in [3.8, 4) is 0 Å².